The lowest BCUT2D eigenvalue weighted by Crippen LogP contribution is -2.32. The molecule has 3 rings (SSSR count). The van der Waals surface area contributed by atoms with Crippen LogP contribution in [0.2, 0.25) is 0 Å². The number of ether oxygens (including phenoxy) is 2. The molecule has 0 unspecified atom stereocenters. The normalized spacial score (nSPS) is 10.8. The third kappa shape index (κ3) is 3.84. The number of aromatic amines is 1. The predicted octanol–water partition coefficient (Wildman–Crippen LogP) is 1.50. The van der Waals surface area contributed by atoms with Crippen molar-refractivity contribution >= 4 is 22.8 Å². The van der Waals surface area contributed by atoms with E-state index >= 15 is 0 Å². The van der Waals surface area contributed by atoms with Crippen LogP contribution in [0.25, 0.3) is 10.9 Å². The molecule has 1 aromatic heterocycles. The largest absolute Gasteiger partial charge is 0.493 e. The van der Waals surface area contributed by atoms with Crippen LogP contribution >= 0.6 is 0 Å². The molecule has 0 aliphatic carbocycles. The molecule has 10 nitrogen and oxygen atoms in total. The molecule has 0 radical (unpaired) electrons. The van der Waals surface area contributed by atoms with E-state index in [9.17, 15) is 19.7 Å². The quantitative estimate of drug-likeness (QED) is 0.292. The maximum absolute atomic E-state index is 12.5. The van der Waals surface area contributed by atoms with Gasteiger partial charge in [0.05, 0.1) is 29.2 Å². The summed E-state index contributed by atoms with van der Waals surface area (Å²) >= 11 is 0. The van der Waals surface area contributed by atoms with Gasteiger partial charge >= 0.3 is 11.4 Å². The van der Waals surface area contributed by atoms with Crippen LogP contribution in [0.1, 0.15) is 5.56 Å². The second-order valence-electron chi connectivity index (χ2n) is 5.66. The number of terminal acetylenes is 1. The highest BCUT2D eigenvalue weighted by Gasteiger charge is 2.22. The van der Waals surface area contributed by atoms with E-state index < -0.39 is 21.9 Å². The van der Waals surface area contributed by atoms with Crippen LogP contribution in [0.5, 0.6) is 11.5 Å². The SMILES string of the molecule is C#CCOc1c(OC)cc(C=Nn2c(=O)[nH]c3ccccc3c2=O)cc1[N+](=O)[O-]. The molecule has 0 atom stereocenters. The number of nitro benzene ring substituents is 1. The van der Waals surface area contributed by atoms with Crippen molar-refractivity contribution in [3.05, 3.63) is 72.9 Å². The number of hydrogen-bond donors (Lipinski definition) is 1. The van der Waals surface area contributed by atoms with E-state index in [1.165, 1.54) is 13.2 Å². The number of para-hydroxylation sites is 1. The van der Waals surface area contributed by atoms with E-state index in [1.54, 1.807) is 24.3 Å². The van der Waals surface area contributed by atoms with Crippen molar-refractivity contribution in [1.82, 2.24) is 9.66 Å². The number of methoxy groups -OCH3 is 1. The minimum atomic E-state index is -0.750. The average molecular weight is 394 g/mol. The molecule has 29 heavy (non-hydrogen) atoms. The standard InChI is InChI=1S/C19H14N4O6/c1-3-8-29-17-15(23(26)27)9-12(10-16(17)28-2)11-20-22-18(24)13-6-4-5-7-14(13)21-19(22)25/h1,4-7,9-11H,8H2,2H3,(H,21,25). The van der Waals surface area contributed by atoms with Crippen molar-refractivity contribution in [1.29, 1.82) is 0 Å². The lowest BCUT2D eigenvalue weighted by molar-refractivity contribution is -0.385. The van der Waals surface area contributed by atoms with E-state index in [2.05, 4.69) is 16.0 Å². The summed E-state index contributed by atoms with van der Waals surface area (Å²) in [6, 6.07) is 9.04. The molecule has 146 valence electrons. The van der Waals surface area contributed by atoms with Gasteiger partial charge in [0.1, 0.15) is 6.61 Å². The number of nitro groups is 1. The van der Waals surface area contributed by atoms with Gasteiger partial charge in [-0.1, -0.05) is 18.1 Å². The Morgan fingerprint density at radius 1 is 1.34 bits per heavy atom. The number of nitrogens with zero attached hydrogens (tertiary/aromatic N) is 3. The highest BCUT2D eigenvalue weighted by atomic mass is 16.6. The summed E-state index contributed by atoms with van der Waals surface area (Å²) in [5.74, 6) is 2.14. The Morgan fingerprint density at radius 2 is 2.10 bits per heavy atom. The fourth-order valence-corrected chi connectivity index (χ4v) is 2.61. The molecule has 0 fully saturated rings. The third-order valence-corrected chi connectivity index (χ3v) is 3.88. The van der Waals surface area contributed by atoms with Gasteiger partial charge in [0.15, 0.2) is 5.75 Å². The molecule has 0 aliphatic rings. The first-order valence-electron chi connectivity index (χ1n) is 8.17. The first-order valence-corrected chi connectivity index (χ1v) is 8.17. The van der Waals surface area contributed by atoms with Crippen molar-refractivity contribution in [2.45, 2.75) is 0 Å². The summed E-state index contributed by atoms with van der Waals surface area (Å²) in [7, 11) is 1.31. The zero-order chi connectivity index (χ0) is 21.0. The Bertz CT molecular complexity index is 1280. The van der Waals surface area contributed by atoms with Gasteiger partial charge in [0.25, 0.3) is 5.56 Å². The summed E-state index contributed by atoms with van der Waals surface area (Å²) in [5, 5.41) is 15.5. The van der Waals surface area contributed by atoms with Gasteiger partial charge in [-0.25, -0.2) is 4.79 Å². The number of fused-ring (bicyclic) bond motifs is 1. The molecule has 0 spiro atoms. The summed E-state index contributed by atoms with van der Waals surface area (Å²) < 4.78 is 11.0. The lowest BCUT2D eigenvalue weighted by atomic mass is 10.2. The average Bonchev–Trinajstić information content (AvgIpc) is 2.71. The molecule has 10 heteroatoms. The second-order valence-corrected chi connectivity index (χ2v) is 5.66. The number of H-pyrrole nitrogens is 1. The molecule has 0 bridgehead atoms. The molecule has 0 saturated carbocycles. The zero-order valence-corrected chi connectivity index (χ0v) is 15.1. The predicted molar refractivity (Wildman–Crippen MR) is 106 cm³/mol. The first-order chi connectivity index (χ1) is 14.0. The number of benzene rings is 2. The molecular weight excluding hydrogens is 380 g/mol. The van der Waals surface area contributed by atoms with Crippen LogP contribution in [-0.2, 0) is 0 Å². The Hall–Kier alpha value is -4.39. The highest BCUT2D eigenvalue weighted by molar-refractivity contribution is 5.83. The molecule has 1 heterocycles. The van der Waals surface area contributed by atoms with Gasteiger partial charge in [0, 0.05) is 11.6 Å². The maximum Gasteiger partial charge on any atom is 0.349 e. The van der Waals surface area contributed by atoms with E-state index in [1.807, 2.05) is 0 Å². The van der Waals surface area contributed by atoms with E-state index in [0.29, 0.717) is 10.2 Å². The Labute approximate surface area is 163 Å². The molecular formula is C19H14N4O6. The fourth-order valence-electron chi connectivity index (χ4n) is 2.61. The molecule has 2 aromatic carbocycles. The minimum Gasteiger partial charge on any atom is -0.493 e. The van der Waals surface area contributed by atoms with Gasteiger partial charge in [-0.2, -0.15) is 5.10 Å². The lowest BCUT2D eigenvalue weighted by Gasteiger charge is -2.10. The Morgan fingerprint density at radius 3 is 2.79 bits per heavy atom. The van der Waals surface area contributed by atoms with Crippen LogP contribution in [0, 0.1) is 22.5 Å². The van der Waals surface area contributed by atoms with Crippen LogP contribution in [-0.4, -0.2) is 34.5 Å². The van der Waals surface area contributed by atoms with Crippen molar-refractivity contribution in [3.8, 4) is 23.8 Å². The van der Waals surface area contributed by atoms with Gasteiger partial charge in [-0.15, -0.1) is 11.1 Å². The number of rotatable bonds is 6. The minimum absolute atomic E-state index is 0.0515. The summed E-state index contributed by atoms with van der Waals surface area (Å²) in [6.45, 7) is -0.188. The molecule has 0 amide bonds. The monoisotopic (exact) mass is 394 g/mol. The van der Waals surface area contributed by atoms with E-state index in [4.69, 9.17) is 15.9 Å². The van der Waals surface area contributed by atoms with Crippen LogP contribution in [0.4, 0.5) is 5.69 Å². The summed E-state index contributed by atoms with van der Waals surface area (Å²) in [5.41, 5.74) is -1.19. The molecule has 3 aromatic rings. The summed E-state index contributed by atoms with van der Waals surface area (Å²) in [6.07, 6.45) is 6.26. The smallest absolute Gasteiger partial charge is 0.349 e. The Kier molecular flexibility index (Phi) is 5.41. The van der Waals surface area contributed by atoms with Gasteiger partial charge in [-0.05, 0) is 18.2 Å². The first kappa shape index (κ1) is 19.4. The van der Waals surface area contributed by atoms with Crippen LogP contribution < -0.4 is 20.7 Å². The van der Waals surface area contributed by atoms with E-state index in [0.717, 1.165) is 12.3 Å². The third-order valence-electron chi connectivity index (χ3n) is 3.88. The highest BCUT2D eigenvalue weighted by Crippen LogP contribution is 2.37. The number of nitrogens with one attached hydrogen (secondary N) is 1. The van der Waals surface area contributed by atoms with Crippen LogP contribution in [0.15, 0.2) is 51.1 Å². The van der Waals surface area contributed by atoms with Gasteiger partial charge in [0.2, 0.25) is 5.75 Å². The topological polar surface area (TPSA) is 129 Å². The van der Waals surface area contributed by atoms with Gasteiger partial charge < -0.3 is 14.5 Å². The molecule has 1 N–H and O–H groups in total. The van der Waals surface area contributed by atoms with E-state index in [-0.39, 0.29) is 29.1 Å². The van der Waals surface area contributed by atoms with Crippen molar-refractivity contribution in [3.63, 3.8) is 0 Å². The zero-order valence-electron chi connectivity index (χ0n) is 15.1. The molecule has 0 aliphatic heterocycles. The maximum atomic E-state index is 12.5. The fraction of sp³-hybridized carbons (Fsp3) is 0.105. The summed E-state index contributed by atoms with van der Waals surface area (Å²) in [4.78, 5) is 37.9. The van der Waals surface area contributed by atoms with Crippen molar-refractivity contribution in [2.75, 3.05) is 13.7 Å². The number of aromatic nitrogens is 2. The molecule has 0 saturated heterocycles. The van der Waals surface area contributed by atoms with Crippen LogP contribution in [0.3, 0.4) is 0 Å². The number of hydrogen-bond acceptors (Lipinski definition) is 7. The van der Waals surface area contributed by atoms with Gasteiger partial charge in [-0.3, -0.25) is 14.9 Å². The van der Waals surface area contributed by atoms with Crippen molar-refractivity contribution in [2.24, 2.45) is 5.10 Å². The van der Waals surface area contributed by atoms with Crippen molar-refractivity contribution < 1.29 is 14.4 Å². The Balaban J connectivity index is 2.10. The second kappa shape index (κ2) is 8.10.